The molecule has 2 saturated heterocycles. The van der Waals surface area contributed by atoms with Gasteiger partial charge in [0.25, 0.3) is 0 Å². The highest BCUT2D eigenvalue weighted by atomic mass is 15.1. The normalized spacial score (nSPS) is 26.5. The molecule has 2 heterocycles. The van der Waals surface area contributed by atoms with Gasteiger partial charge in [-0.1, -0.05) is 6.92 Å². The van der Waals surface area contributed by atoms with E-state index in [1.54, 1.807) is 0 Å². The fourth-order valence-electron chi connectivity index (χ4n) is 3.05. The molecule has 0 amide bonds. The quantitative estimate of drug-likeness (QED) is 0.800. The number of nitrogens with zero attached hydrogens (tertiary/aromatic N) is 2. The van der Waals surface area contributed by atoms with E-state index in [4.69, 9.17) is 0 Å². The second-order valence-electron chi connectivity index (χ2n) is 5.86. The molecule has 100 valence electrons. The SMILES string of the molecule is CCN1CCC(CNC2CCN(C)CC2)CC1. The lowest BCUT2D eigenvalue weighted by atomic mass is 9.95. The lowest BCUT2D eigenvalue weighted by molar-refractivity contribution is 0.178. The zero-order valence-electron chi connectivity index (χ0n) is 11.6. The molecule has 3 heteroatoms. The molecule has 0 aliphatic carbocycles. The summed E-state index contributed by atoms with van der Waals surface area (Å²) in [7, 11) is 2.23. The van der Waals surface area contributed by atoms with Crippen LogP contribution in [0.1, 0.15) is 32.6 Å². The summed E-state index contributed by atoms with van der Waals surface area (Å²) in [6.07, 6.45) is 5.47. The Morgan fingerprint density at radius 2 is 1.65 bits per heavy atom. The van der Waals surface area contributed by atoms with Crippen LogP contribution in [-0.4, -0.2) is 62.2 Å². The van der Waals surface area contributed by atoms with E-state index in [-0.39, 0.29) is 0 Å². The zero-order valence-corrected chi connectivity index (χ0v) is 11.6. The van der Waals surface area contributed by atoms with E-state index < -0.39 is 0 Å². The topological polar surface area (TPSA) is 18.5 Å². The van der Waals surface area contributed by atoms with Crippen LogP contribution in [0, 0.1) is 5.92 Å². The molecule has 0 aromatic carbocycles. The van der Waals surface area contributed by atoms with E-state index in [2.05, 4.69) is 29.1 Å². The van der Waals surface area contributed by atoms with Crippen molar-refractivity contribution in [3.63, 3.8) is 0 Å². The van der Waals surface area contributed by atoms with Crippen molar-refractivity contribution in [2.75, 3.05) is 46.3 Å². The second kappa shape index (κ2) is 6.72. The average Bonchev–Trinajstić information content (AvgIpc) is 2.39. The largest absolute Gasteiger partial charge is 0.314 e. The summed E-state index contributed by atoms with van der Waals surface area (Å²) in [4.78, 5) is 5.02. The van der Waals surface area contributed by atoms with Crippen LogP contribution in [0.3, 0.4) is 0 Å². The number of hydrogen-bond acceptors (Lipinski definition) is 3. The van der Waals surface area contributed by atoms with E-state index in [0.29, 0.717) is 0 Å². The molecule has 0 radical (unpaired) electrons. The van der Waals surface area contributed by atoms with Crippen LogP contribution in [0.15, 0.2) is 0 Å². The maximum absolute atomic E-state index is 3.80. The number of likely N-dealkylation sites (tertiary alicyclic amines) is 2. The summed E-state index contributed by atoms with van der Waals surface area (Å²) in [6.45, 7) is 9.93. The van der Waals surface area contributed by atoms with Gasteiger partial charge in [0.15, 0.2) is 0 Å². The summed E-state index contributed by atoms with van der Waals surface area (Å²) in [5.41, 5.74) is 0. The summed E-state index contributed by atoms with van der Waals surface area (Å²) >= 11 is 0. The molecule has 17 heavy (non-hydrogen) atoms. The van der Waals surface area contributed by atoms with Gasteiger partial charge in [-0.15, -0.1) is 0 Å². The molecular weight excluding hydrogens is 210 g/mol. The number of rotatable bonds is 4. The van der Waals surface area contributed by atoms with E-state index in [0.717, 1.165) is 12.0 Å². The molecule has 0 spiro atoms. The summed E-state index contributed by atoms with van der Waals surface area (Å²) in [5, 5.41) is 3.80. The van der Waals surface area contributed by atoms with Crippen molar-refractivity contribution in [1.82, 2.24) is 15.1 Å². The third-order valence-corrected chi connectivity index (χ3v) is 4.57. The maximum Gasteiger partial charge on any atom is 0.00915 e. The highest BCUT2D eigenvalue weighted by Gasteiger charge is 2.20. The van der Waals surface area contributed by atoms with E-state index in [9.17, 15) is 0 Å². The molecule has 0 atom stereocenters. The van der Waals surface area contributed by atoms with Crippen molar-refractivity contribution in [3.8, 4) is 0 Å². The van der Waals surface area contributed by atoms with E-state index in [1.807, 2.05) is 0 Å². The predicted octanol–water partition coefficient (Wildman–Crippen LogP) is 1.40. The molecule has 2 aliphatic rings. The van der Waals surface area contributed by atoms with Crippen LogP contribution in [0.25, 0.3) is 0 Å². The molecule has 0 aromatic rings. The molecule has 2 aliphatic heterocycles. The Morgan fingerprint density at radius 3 is 2.24 bits per heavy atom. The first-order valence-electron chi connectivity index (χ1n) is 7.42. The van der Waals surface area contributed by atoms with Crippen molar-refractivity contribution in [2.45, 2.75) is 38.6 Å². The van der Waals surface area contributed by atoms with E-state index >= 15 is 0 Å². The first kappa shape index (κ1) is 13.3. The molecule has 0 saturated carbocycles. The molecule has 0 unspecified atom stereocenters. The fraction of sp³-hybridized carbons (Fsp3) is 1.00. The lowest BCUT2D eigenvalue weighted by Gasteiger charge is -2.34. The molecule has 0 bridgehead atoms. The first-order chi connectivity index (χ1) is 8.28. The molecule has 2 fully saturated rings. The van der Waals surface area contributed by atoms with Crippen molar-refractivity contribution < 1.29 is 0 Å². The van der Waals surface area contributed by atoms with Crippen molar-refractivity contribution in [1.29, 1.82) is 0 Å². The summed E-state index contributed by atoms with van der Waals surface area (Å²) in [5.74, 6) is 0.928. The highest BCUT2D eigenvalue weighted by molar-refractivity contribution is 4.79. The average molecular weight is 239 g/mol. The van der Waals surface area contributed by atoms with Gasteiger partial charge >= 0.3 is 0 Å². The van der Waals surface area contributed by atoms with Crippen molar-refractivity contribution in [2.24, 2.45) is 5.92 Å². The van der Waals surface area contributed by atoms with Crippen molar-refractivity contribution >= 4 is 0 Å². The van der Waals surface area contributed by atoms with Gasteiger partial charge in [-0.2, -0.15) is 0 Å². The smallest absolute Gasteiger partial charge is 0.00915 e. The minimum absolute atomic E-state index is 0.787. The number of piperidine rings is 2. The monoisotopic (exact) mass is 239 g/mol. The first-order valence-corrected chi connectivity index (χ1v) is 7.42. The Hall–Kier alpha value is -0.120. The minimum atomic E-state index is 0.787. The third-order valence-electron chi connectivity index (χ3n) is 4.57. The Morgan fingerprint density at radius 1 is 1.00 bits per heavy atom. The van der Waals surface area contributed by atoms with Gasteiger partial charge < -0.3 is 15.1 Å². The van der Waals surface area contributed by atoms with Crippen LogP contribution < -0.4 is 5.32 Å². The maximum atomic E-state index is 3.80. The van der Waals surface area contributed by atoms with Crippen LogP contribution in [-0.2, 0) is 0 Å². The van der Waals surface area contributed by atoms with Gasteiger partial charge in [-0.05, 0) is 77.9 Å². The highest BCUT2D eigenvalue weighted by Crippen LogP contribution is 2.17. The Kier molecular flexibility index (Phi) is 5.26. The van der Waals surface area contributed by atoms with Crippen molar-refractivity contribution in [3.05, 3.63) is 0 Å². The minimum Gasteiger partial charge on any atom is -0.314 e. The van der Waals surface area contributed by atoms with Crippen LogP contribution in [0.2, 0.25) is 0 Å². The standard InChI is InChI=1S/C14H29N3/c1-3-17-10-4-13(5-11-17)12-15-14-6-8-16(2)9-7-14/h13-15H,3-12H2,1-2H3. The third kappa shape index (κ3) is 4.23. The number of hydrogen-bond donors (Lipinski definition) is 1. The Balaban J connectivity index is 1.59. The summed E-state index contributed by atoms with van der Waals surface area (Å²) in [6, 6.07) is 0.787. The van der Waals surface area contributed by atoms with Gasteiger partial charge in [0, 0.05) is 6.04 Å². The molecule has 1 N–H and O–H groups in total. The van der Waals surface area contributed by atoms with E-state index in [1.165, 1.54) is 65.0 Å². The van der Waals surface area contributed by atoms with Gasteiger partial charge in [-0.25, -0.2) is 0 Å². The number of nitrogens with one attached hydrogen (secondary N) is 1. The van der Waals surface area contributed by atoms with Gasteiger partial charge in [0.05, 0.1) is 0 Å². The van der Waals surface area contributed by atoms with Crippen LogP contribution in [0.5, 0.6) is 0 Å². The molecule has 2 rings (SSSR count). The molecule has 0 aromatic heterocycles. The Labute approximate surface area is 107 Å². The van der Waals surface area contributed by atoms with Gasteiger partial charge in [0.2, 0.25) is 0 Å². The van der Waals surface area contributed by atoms with Gasteiger partial charge in [-0.3, -0.25) is 0 Å². The lowest BCUT2D eigenvalue weighted by Crippen LogP contribution is -2.44. The Bertz CT molecular complexity index is 204. The predicted molar refractivity (Wildman–Crippen MR) is 73.4 cm³/mol. The van der Waals surface area contributed by atoms with Gasteiger partial charge in [0.1, 0.15) is 0 Å². The van der Waals surface area contributed by atoms with Crippen LogP contribution in [0.4, 0.5) is 0 Å². The zero-order chi connectivity index (χ0) is 12.1. The molecular formula is C14H29N3. The fourth-order valence-corrected chi connectivity index (χ4v) is 3.05. The molecule has 3 nitrogen and oxygen atoms in total. The second-order valence-corrected chi connectivity index (χ2v) is 5.86. The summed E-state index contributed by atoms with van der Waals surface area (Å²) < 4.78 is 0. The van der Waals surface area contributed by atoms with Crippen LogP contribution >= 0.6 is 0 Å².